The first-order valence-electron chi connectivity index (χ1n) is 8.26. The van der Waals surface area contributed by atoms with Crippen LogP contribution < -0.4 is 10.1 Å². The molecular weight excluding hydrogens is 385 g/mol. The molecule has 0 amide bonds. The fourth-order valence-electron chi connectivity index (χ4n) is 2.63. The van der Waals surface area contributed by atoms with E-state index in [2.05, 4.69) is 20.0 Å². The Balaban J connectivity index is 1.99. The number of sulfone groups is 1. The highest BCUT2D eigenvalue weighted by molar-refractivity contribution is 7.92. The molecule has 2 heterocycles. The molecule has 1 aliphatic heterocycles. The summed E-state index contributed by atoms with van der Waals surface area (Å²) in [7, 11) is -1.58. The Morgan fingerprint density at radius 2 is 2.15 bits per heavy atom. The van der Waals surface area contributed by atoms with Crippen LogP contribution >= 0.6 is 0 Å². The summed E-state index contributed by atoms with van der Waals surface area (Å²) in [6.45, 7) is 2.84. The predicted octanol–water partition coefficient (Wildman–Crippen LogP) is 1.61. The molecular formula is C16H23F3N4O3S. The average Bonchev–Trinajstić information content (AvgIpc) is 2.56. The number of ether oxygens (including phenoxy) is 1. The number of guanidine groups is 1. The maximum Gasteiger partial charge on any atom is 0.422 e. The van der Waals surface area contributed by atoms with Gasteiger partial charge in [-0.25, -0.2) is 13.4 Å². The molecule has 2 rings (SSSR count). The van der Waals surface area contributed by atoms with Crippen LogP contribution in [0, 0.1) is 0 Å². The fourth-order valence-corrected chi connectivity index (χ4v) is 4.00. The fraction of sp³-hybridized carbons (Fsp3) is 0.625. The Bertz CT molecular complexity index is 794. The second-order valence-electron chi connectivity index (χ2n) is 6.81. The predicted molar refractivity (Wildman–Crippen MR) is 95.4 cm³/mol. The van der Waals surface area contributed by atoms with Crippen molar-refractivity contribution in [1.29, 1.82) is 0 Å². The Labute approximate surface area is 156 Å². The van der Waals surface area contributed by atoms with E-state index in [0.29, 0.717) is 24.6 Å². The maximum atomic E-state index is 12.2. The Morgan fingerprint density at radius 3 is 2.74 bits per heavy atom. The molecule has 1 aromatic rings. The van der Waals surface area contributed by atoms with E-state index < -0.39 is 27.4 Å². The average molecular weight is 408 g/mol. The number of halogens is 3. The molecule has 1 fully saturated rings. The quantitative estimate of drug-likeness (QED) is 0.602. The van der Waals surface area contributed by atoms with Gasteiger partial charge < -0.3 is 15.0 Å². The van der Waals surface area contributed by atoms with Crippen LogP contribution in [0.1, 0.15) is 19.4 Å². The summed E-state index contributed by atoms with van der Waals surface area (Å²) in [5.41, 5.74) is 0.659. The minimum Gasteiger partial charge on any atom is -0.468 e. The molecule has 1 aromatic heterocycles. The smallest absolute Gasteiger partial charge is 0.422 e. The summed E-state index contributed by atoms with van der Waals surface area (Å²) in [5.74, 6) is 0.435. The van der Waals surface area contributed by atoms with E-state index in [1.54, 1.807) is 27.0 Å². The van der Waals surface area contributed by atoms with Crippen LogP contribution in [0.2, 0.25) is 0 Å². The molecule has 0 aromatic carbocycles. The van der Waals surface area contributed by atoms with Gasteiger partial charge in [-0.2, -0.15) is 13.2 Å². The van der Waals surface area contributed by atoms with Gasteiger partial charge in [-0.1, -0.05) is 0 Å². The third-order valence-electron chi connectivity index (χ3n) is 4.19. The highest BCUT2D eigenvalue weighted by Crippen LogP contribution is 2.24. The molecule has 0 bridgehead atoms. The van der Waals surface area contributed by atoms with Crippen LogP contribution in [0.15, 0.2) is 23.3 Å². The molecule has 152 valence electrons. The number of nitrogens with zero attached hydrogens (tertiary/aromatic N) is 3. The number of rotatable bonds is 4. The van der Waals surface area contributed by atoms with Crippen LogP contribution in [0.25, 0.3) is 0 Å². The van der Waals surface area contributed by atoms with Crippen molar-refractivity contribution >= 4 is 15.8 Å². The molecule has 1 saturated heterocycles. The molecule has 0 saturated carbocycles. The molecule has 0 atom stereocenters. The van der Waals surface area contributed by atoms with E-state index in [9.17, 15) is 21.6 Å². The lowest BCUT2D eigenvalue weighted by atomic mass is 10.2. The van der Waals surface area contributed by atoms with E-state index in [4.69, 9.17) is 0 Å². The highest BCUT2D eigenvalue weighted by Gasteiger charge is 2.40. The lowest BCUT2D eigenvalue weighted by Crippen LogP contribution is -2.57. The van der Waals surface area contributed by atoms with Crippen molar-refractivity contribution in [3.05, 3.63) is 23.9 Å². The molecule has 0 radical (unpaired) electrons. The van der Waals surface area contributed by atoms with Gasteiger partial charge >= 0.3 is 6.18 Å². The van der Waals surface area contributed by atoms with Crippen molar-refractivity contribution in [1.82, 2.24) is 15.2 Å². The van der Waals surface area contributed by atoms with Crippen LogP contribution in [0.3, 0.4) is 0 Å². The monoisotopic (exact) mass is 408 g/mol. The summed E-state index contributed by atoms with van der Waals surface area (Å²) < 4.78 is 64.7. The number of hydrogen-bond donors (Lipinski definition) is 1. The van der Waals surface area contributed by atoms with Gasteiger partial charge in [0.2, 0.25) is 5.88 Å². The molecule has 7 nitrogen and oxygen atoms in total. The Kier molecular flexibility index (Phi) is 6.23. The first kappa shape index (κ1) is 21.3. The van der Waals surface area contributed by atoms with Crippen LogP contribution in [-0.4, -0.2) is 67.7 Å². The first-order chi connectivity index (χ1) is 12.4. The topological polar surface area (TPSA) is 83.9 Å². The first-order valence-corrected chi connectivity index (χ1v) is 9.91. The molecule has 0 aliphatic carbocycles. The van der Waals surface area contributed by atoms with Crippen molar-refractivity contribution in [3.8, 4) is 5.88 Å². The van der Waals surface area contributed by atoms with Crippen molar-refractivity contribution in [2.75, 3.05) is 32.5 Å². The molecule has 11 heteroatoms. The summed E-state index contributed by atoms with van der Waals surface area (Å²) in [6.07, 6.45) is -3.07. The number of aliphatic imine (C=N–C) groups is 1. The van der Waals surface area contributed by atoms with Gasteiger partial charge in [0, 0.05) is 38.9 Å². The molecule has 27 heavy (non-hydrogen) atoms. The van der Waals surface area contributed by atoms with E-state index in [1.807, 2.05) is 4.90 Å². The largest absolute Gasteiger partial charge is 0.468 e. The van der Waals surface area contributed by atoms with Gasteiger partial charge in [-0.05, 0) is 25.5 Å². The number of hydrogen-bond acceptors (Lipinski definition) is 5. The molecule has 0 unspecified atom stereocenters. The Morgan fingerprint density at radius 1 is 1.44 bits per heavy atom. The molecule has 1 N–H and O–H groups in total. The maximum absolute atomic E-state index is 12.2. The molecule has 0 spiro atoms. The summed E-state index contributed by atoms with van der Waals surface area (Å²) >= 11 is 0. The second-order valence-corrected chi connectivity index (χ2v) is 9.55. The van der Waals surface area contributed by atoms with E-state index in [1.165, 1.54) is 12.3 Å². The highest BCUT2D eigenvalue weighted by atomic mass is 32.2. The van der Waals surface area contributed by atoms with Gasteiger partial charge in [0.15, 0.2) is 22.4 Å². The standard InChI is InChI=1S/C16H23F3N4O3S/c1-15(2)10-23(6-7-27(15,24)25)14(20-3)22-9-12-4-5-21-13(8-12)26-11-16(17,18)19/h4-5,8H,6-7,9-11H2,1-3H3,(H,20,22). The lowest BCUT2D eigenvalue weighted by molar-refractivity contribution is -0.154. The zero-order valence-electron chi connectivity index (χ0n) is 15.4. The SMILES string of the molecule is CN=C(NCc1ccnc(OCC(F)(F)F)c1)N1CCS(=O)(=O)C(C)(C)C1. The second kappa shape index (κ2) is 7.91. The summed E-state index contributed by atoms with van der Waals surface area (Å²) in [4.78, 5) is 9.78. The van der Waals surface area contributed by atoms with Crippen LogP contribution in [0.5, 0.6) is 5.88 Å². The number of pyridine rings is 1. The van der Waals surface area contributed by atoms with Crippen LogP contribution in [0.4, 0.5) is 13.2 Å². The lowest BCUT2D eigenvalue weighted by Gasteiger charge is -2.39. The normalized spacial score (nSPS) is 19.6. The van der Waals surface area contributed by atoms with E-state index >= 15 is 0 Å². The van der Waals surface area contributed by atoms with Crippen molar-refractivity contribution < 1.29 is 26.3 Å². The third-order valence-corrected chi connectivity index (χ3v) is 6.72. The van der Waals surface area contributed by atoms with Gasteiger partial charge in [-0.15, -0.1) is 0 Å². The minimum absolute atomic E-state index is 0.0331. The number of alkyl halides is 3. The van der Waals surface area contributed by atoms with Gasteiger partial charge in [0.25, 0.3) is 0 Å². The number of nitrogens with one attached hydrogen (secondary N) is 1. The third kappa shape index (κ3) is 5.72. The number of aromatic nitrogens is 1. The van der Waals surface area contributed by atoms with Crippen molar-refractivity contribution in [2.24, 2.45) is 4.99 Å². The Hall–Kier alpha value is -2.04. The van der Waals surface area contributed by atoms with Gasteiger partial charge in [0.1, 0.15) is 0 Å². The van der Waals surface area contributed by atoms with E-state index in [-0.39, 0.29) is 18.2 Å². The molecule has 1 aliphatic rings. The van der Waals surface area contributed by atoms with Gasteiger partial charge in [-0.3, -0.25) is 4.99 Å². The zero-order chi connectivity index (χ0) is 20.3. The summed E-state index contributed by atoms with van der Waals surface area (Å²) in [5, 5.41) is 3.10. The van der Waals surface area contributed by atoms with E-state index in [0.717, 1.165) is 0 Å². The van der Waals surface area contributed by atoms with Gasteiger partial charge in [0.05, 0.1) is 10.5 Å². The van der Waals surface area contributed by atoms with Crippen LogP contribution in [-0.2, 0) is 16.4 Å². The summed E-state index contributed by atoms with van der Waals surface area (Å²) in [6, 6.07) is 3.06. The zero-order valence-corrected chi connectivity index (χ0v) is 16.2. The van der Waals surface area contributed by atoms with Crippen molar-refractivity contribution in [2.45, 2.75) is 31.3 Å². The van der Waals surface area contributed by atoms with Crippen molar-refractivity contribution in [3.63, 3.8) is 0 Å². The minimum atomic E-state index is -4.43.